The summed E-state index contributed by atoms with van der Waals surface area (Å²) in [4.78, 5) is 23.1. The maximum absolute atomic E-state index is 12.1. The lowest BCUT2D eigenvalue weighted by atomic mass is 9.99. The van der Waals surface area contributed by atoms with Crippen LogP contribution in [0.1, 0.15) is 43.0 Å². The van der Waals surface area contributed by atoms with Crippen LogP contribution in [0.25, 0.3) is 0 Å². The van der Waals surface area contributed by atoms with E-state index < -0.39 is 5.97 Å². The summed E-state index contributed by atoms with van der Waals surface area (Å²) in [5.74, 6) is -0.778. The third-order valence-corrected chi connectivity index (χ3v) is 4.91. The van der Waals surface area contributed by atoms with E-state index in [1.807, 2.05) is 104 Å². The normalized spacial score (nSPS) is 9.97. The van der Waals surface area contributed by atoms with Crippen LogP contribution < -0.4 is 0 Å². The van der Waals surface area contributed by atoms with Gasteiger partial charge in [0.15, 0.2) is 5.78 Å². The van der Waals surface area contributed by atoms with Crippen LogP contribution in [0.15, 0.2) is 109 Å². The Labute approximate surface area is 182 Å². The van der Waals surface area contributed by atoms with Crippen molar-refractivity contribution in [2.24, 2.45) is 0 Å². The van der Waals surface area contributed by atoms with Gasteiger partial charge in [-0.3, -0.25) is 4.79 Å². The fourth-order valence-electron chi connectivity index (χ4n) is 3.27. The molecule has 0 amide bonds. The first-order chi connectivity index (χ1) is 15.1. The van der Waals surface area contributed by atoms with Crippen LogP contribution in [0.5, 0.6) is 0 Å². The molecule has 4 rings (SSSR count). The molecule has 3 nitrogen and oxygen atoms in total. The molecule has 0 saturated carbocycles. The molecule has 31 heavy (non-hydrogen) atoms. The summed E-state index contributed by atoms with van der Waals surface area (Å²) < 4.78 is 0. The van der Waals surface area contributed by atoms with E-state index in [0.717, 1.165) is 27.8 Å². The van der Waals surface area contributed by atoms with Crippen LogP contribution >= 0.6 is 0 Å². The van der Waals surface area contributed by atoms with Crippen molar-refractivity contribution in [2.45, 2.75) is 13.3 Å². The van der Waals surface area contributed by atoms with E-state index in [2.05, 4.69) is 0 Å². The highest BCUT2D eigenvalue weighted by Crippen LogP contribution is 2.15. The standard InChI is InChI=1S/C14H12O2.C14H12O/c15-14(16)13-9-5-4-8-12(13)10-11-6-2-1-3-7-11;1-11-7-5-6-10-13(11)14(15)12-8-3-2-4-9-12/h1-9H,10H2,(H,15,16);2-10H,1H3. The number of ketones is 1. The van der Waals surface area contributed by atoms with Crippen LogP contribution in [0, 0.1) is 6.92 Å². The Morgan fingerprint density at radius 3 is 1.77 bits per heavy atom. The first-order valence-corrected chi connectivity index (χ1v) is 10.1. The molecule has 0 aliphatic heterocycles. The number of benzene rings is 4. The van der Waals surface area contributed by atoms with Gasteiger partial charge in [0.25, 0.3) is 0 Å². The maximum atomic E-state index is 12.1. The molecular formula is C28H24O3. The van der Waals surface area contributed by atoms with Crippen molar-refractivity contribution in [3.8, 4) is 0 Å². The highest BCUT2D eigenvalue weighted by Gasteiger charge is 2.10. The number of hydrogen-bond acceptors (Lipinski definition) is 2. The van der Waals surface area contributed by atoms with E-state index in [4.69, 9.17) is 5.11 Å². The average Bonchev–Trinajstić information content (AvgIpc) is 2.81. The maximum Gasteiger partial charge on any atom is 0.335 e. The highest BCUT2D eigenvalue weighted by atomic mass is 16.4. The van der Waals surface area contributed by atoms with Gasteiger partial charge in [0, 0.05) is 11.1 Å². The first-order valence-electron chi connectivity index (χ1n) is 10.1. The molecule has 4 aromatic carbocycles. The number of carbonyl (C=O) groups excluding carboxylic acids is 1. The number of carboxylic acids is 1. The van der Waals surface area contributed by atoms with E-state index in [1.54, 1.807) is 12.1 Å². The summed E-state index contributed by atoms with van der Waals surface area (Å²) in [7, 11) is 0. The van der Waals surface area contributed by atoms with Gasteiger partial charge in [-0.05, 0) is 36.1 Å². The molecule has 154 valence electrons. The van der Waals surface area contributed by atoms with E-state index in [0.29, 0.717) is 12.0 Å². The lowest BCUT2D eigenvalue weighted by Crippen LogP contribution is -2.02. The topological polar surface area (TPSA) is 54.4 Å². The minimum absolute atomic E-state index is 0.0914. The number of carboxylic acid groups (broad SMARTS) is 1. The first kappa shape index (κ1) is 21.7. The molecule has 4 aromatic rings. The minimum atomic E-state index is -0.869. The van der Waals surface area contributed by atoms with Crippen molar-refractivity contribution in [1.29, 1.82) is 0 Å². The van der Waals surface area contributed by atoms with Gasteiger partial charge in [0.2, 0.25) is 0 Å². The quantitative estimate of drug-likeness (QED) is 0.400. The Bertz CT molecular complexity index is 1150. The third kappa shape index (κ3) is 6.00. The molecule has 0 heterocycles. The molecule has 3 heteroatoms. The summed E-state index contributed by atoms with van der Waals surface area (Å²) in [6.45, 7) is 1.95. The van der Waals surface area contributed by atoms with Crippen molar-refractivity contribution in [3.63, 3.8) is 0 Å². The molecular weight excluding hydrogens is 384 g/mol. The molecule has 0 saturated heterocycles. The zero-order valence-corrected chi connectivity index (χ0v) is 17.4. The summed E-state index contributed by atoms with van der Waals surface area (Å²) >= 11 is 0. The molecule has 1 N–H and O–H groups in total. The van der Waals surface area contributed by atoms with Crippen molar-refractivity contribution < 1.29 is 14.7 Å². The molecule has 0 spiro atoms. The minimum Gasteiger partial charge on any atom is -0.478 e. The van der Waals surface area contributed by atoms with Crippen LogP contribution in [0.3, 0.4) is 0 Å². The second-order valence-corrected chi connectivity index (χ2v) is 7.13. The van der Waals surface area contributed by atoms with Gasteiger partial charge in [-0.2, -0.15) is 0 Å². The molecule has 0 bridgehead atoms. The van der Waals surface area contributed by atoms with E-state index >= 15 is 0 Å². The number of hydrogen-bond donors (Lipinski definition) is 1. The summed E-state index contributed by atoms with van der Waals surface area (Å²) in [5.41, 5.74) is 4.89. The average molecular weight is 408 g/mol. The van der Waals surface area contributed by atoms with Crippen molar-refractivity contribution in [1.82, 2.24) is 0 Å². The molecule has 0 atom stereocenters. The largest absolute Gasteiger partial charge is 0.478 e. The Morgan fingerprint density at radius 1 is 0.645 bits per heavy atom. The predicted molar refractivity (Wildman–Crippen MR) is 124 cm³/mol. The number of aromatic carboxylic acids is 1. The number of carbonyl (C=O) groups is 2. The smallest absolute Gasteiger partial charge is 0.335 e. The molecule has 0 fully saturated rings. The molecule has 0 aliphatic carbocycles. The predicted octanol–water partition coefficient (Wildman–Crippen LogP) is 6.20. The van der Waals surface area contributed by atoms with Crippen LogP contribution in [-0.2, 0) is 6.42 Å². The van der Waals surface area contributed by atoms with E-state index in [1.165, 1.54) is 0 Å². The Hall–Kier alpha value is -3.98. The van der Waals surface area contributed by atoms with Gasteiger partial charge in [-0.25, -0.2) is 4.79 Å². The van der Waals surface area contributed by atoms with Gasteiger partial charge in [0.05, 0.1) is 5.56 Å². The molecule has 0 aromatic heterocycles. The SMILES string of the molecule is Cc1ccccc1C(=O)c1ccccc1.O=C(O)c1ccccc1Cc1ccccc1. The van der Waals surface area contributed by atoms with Gasteiger partial charge in [-0.15, -0.1) is 0 Å². The van der Waals surface area contributed by atoms with E-state index in [-0.39, 0.29) is 5.78 Å². The van der Waals surface area contributed by atoms with Crippen molar-refractivity contribution in [2.75, 3.05) is 0 Å². The van der Waals surface area contributed by atoms with Gasteiger partial charge < -0.3 is 5.11 Å². The highest BCUT2D eigenvalue weighted by molar-refractivity contribution is 6.09. The number of aryl methyl sites for hydroxylation is 1. The van der Waals surface area contributed by atoms with Gasteiger partial charge in [0.1, 0.15) is 0 Å². The van der Waals surface area contributed by atoms with Crippen molar-refractivity contribution >= 4 is 11.8 Å². The summed E-state index contributed by atoms with van der Waals surface area (Å²) in [5, 5.41) is 9.04. The lowest BCUT2D eigenvalue weighted by Gasteiger charge is -2.05. The van der Waals surface area contributed by atoms with Crippen molar-refractivity contribution in [3.05, 3.63) is 143 Å². The Balaban J connectivity index is 0.000000176. The van der Waals surface area contributed by atoms with E-state index in [9.17, 15) is 9.59 Å². The third-order valence-electron chi connectivity index (χ3n) is 4.91. The van der Waals surface area contributed by atoms with Crippen LogP contribution in [0.4, 0.5) is 0 Å². The van der Waals surface area contributed by atoms with Gasteiger partial charge >= 0.3 is 5.97 Å². The second-order valence-electron chi connectivity index (χ2n) is 7.13. The monoisotopic (exact) mass is 408 g/mol. The fraction of sp³-hybridized carbons (Fsp3) is 0.0714. The van der Waals surface area contributed by atoms with Crippen LogP contribution in [-0.4, -0.2) is 16.9 Å². The molecule has 0 radical (unpaired) electrons. The fourth-order valence-corrected chi connectivity index (χ4v) is 3.27. The Morgan fingerprint density at radius 2 is 1.16 bits per heavy atom. The molecule has 0 unspecified atom stereocenters. The lowest BCUT2D eigenvalue weighted by molar-refractivity contribution is 0.0695. The van der Waals surface area contributed by atoms with Gasteiger partial charge in [-0.1, -0.05) is 103 Å². The zero-order chi connectivity index (χ0) is 22.1. The Kier molecular flexibility index (Phi) is 7.50. The second kappa shape index (κ2) is 10.7. The summed E-state index contributed by atoms with van der Waals surface area (Å²) in [6.07, 6.45) is 0.656. The summed E-state index contributed by atoms with van der Waals surface area (Å²) in [6, 6.07) is 34.0. The zero-order valence-electron chi connectivity index (χ0n) is 17.4. The molecule has 0 aliphatic rings. The van der Waals surface area contributed by atoms with Crippen LogP contribution in [0.2, 0.25) is 0 Å². The number of rotatable bonds is 5.